The number of benzene rings is 1. The molecule has 102 valence electrons. The van der Waals surface area contributed by atoms with Gasteiger partial charge >= 0.3 is 5.97 Å². The maximum atomic E-state index is 11.7. The Hall–Kier alpha value is -1.75. The third-order valence-electron chi connectivity index (χ3n) is 3.96. The number of aliphatic carboxylic acids is 1. The molecule has 0 radical (unpaired) electrons. The van der Waals surface area contributed by atoms with E-state index in [-0.39, 0.29) is 0 Å². The minimum Gasteiger partial charge on any atom is -0.486 e. The highest BCUT2D eigenvalue weighted by atomic mass is 16.6. The maximum absolute atomic E-state index is 11.7. The average Bonchev–Trinajstić information content (AvgIpc) is 2.47. The molecule has 5 nitrogen and oxygen atoms in total. The van der Waals surface area contributed by atoms with Crippen LogP contribution in [0.4, 0.5) is 0 Å². The number of nitrogens with one attached hydrogen (secondary N) is 1. The monoisotopic (exact) mass is 263 g/mol. The first kappa shape index (κ1) is 12.3. The van der Waals surface area contributed by atoms with Crippen LogP contribution in [-0.4, -0.2) is 37.4 Å². The van der Waals surface area contributed by atoms with Crippen LogP contribution in [0.3, 0.4) is 0 Å². The zero-order valence-electron chi connectivity index (χ0n) is 10.6. The molecule has 2 aliphatic heterocycles. The van der Waals surface area contributed by atoms with E-state index in [1.807, 2.05) is 18.2 Å². The van der Waals surface area contributed by atoms with E-state index >= 15 is 0 Å². The van der Waals surface area contributed by atoms with E-state index in [0.29, 0.717) is 37.6 Å². The molecule has 1 aromatic rings. The normalized spacial score (nSPS) is 20.8. The molecule has 0 saturated carbocycles. The van der Waals surface area contributed by atoms with Gasteiger partial charge in [-0.15, -0.1) is 0 Å². The second-order valence-electron chi connectivity index (χ2n) is 5.00. The summed E-state index contributed by atoms with van der Waals surface area (Å²) in [5.41, 5.74) is 0.00640. The van der Waals surface area contributed by atoms with Gasteiger partial charge in [-0.1, -0.05) is 6.07 Å². The van der Waals surface area contributed by atoms with Crippen molar-refractivity contribution in [2.24, 2.45) is 0 Å². The molecule has 5 heteroatoms. The fourth-order valence-electron chi connectivity index (χ4n) is 2.82. The number of piperidine rings is 1. The van der Waals surface area contributed by atoms with Gasteiger partial charge in [0.15, 0.2) is 11.5 Å². The Labute approximate surface area is 111 Å². The molecule has 1 aromatic carbocycles. The van der Waals surface area contributed by atoms with Crippen molar-refractivity contribution < 1.29 is 19.4 Å². The molecule has 2 N–H and O–H groups in total. The van der Waals surface area contributed by atoms with Crippen molar-refractivity contribution in [1.82, 2.24) is 5.32 Å². The Morgan fingerprint density at radius 3 is 2.53 bits per heavy atom. The Balaban J connectivity index is 2.01. The molecule has 0 amide bonds. The number of rotatable bonds is 2. The number of fused-ring (bicyclic) bond motifs is 1. The molecule has 0 spiro atoms. The lowest BCUT2D eigenvalue weighted by atomic mass is 9.73. The highest BCUT2D eigenvalue weighted by Crippen LogP contribution is 2.39. The van der Waals surface area contributed by atoms with Crippen molar-refractivity contribution in [1.29, 1.82) is 0 Å². The standard InChI is InChI=1S/C14H17NO4/c16-13(17)14(3-5-15-6-4-14)10-1-2-11-12(9-10)19-8-7-18-11/h1-2,9,15H,3-8H2,(H,16,17). The van der Waals surface area contributed by atoms with E-state index in [0.717, 1.165) is 18.7 Å². The molecule has 0 aliphatic carbocycles. The Kier molecular flexibility index (Phi) is 3.06. The van der Waals surface area contributed by atoms with E-state index in [9.17, 15) is 9.90 Å². The predicted octanol–water partition coefficient (Wildman–Crippen LogP) is 1.16. The van der Waals surface area contributed by atoms with Crippen molar-refractivity contribution in [3.63, 3.8) is 0 Å². The van der Waals surface area contributed by atoms with Crippen LogP contribution in [0.5, 0.6) is 11.5 Å². The molecule has 0 atom stereocenters. The predicted molar refractivity (Wildman–Crippen MR) is 68.8 cm³/mol. The molecule has 2 aliphatic rings. The van der Waals surface area contributed by atoms with E-state index in [4.69, 9.17) is 9.47 Å². The summed E-state index contributed by atoms with van der Waals surface area (Å²) in [6.45, 7) is 2.50. The van der Waals surface area contributed by atoms with E-state index in [1.165, 1.54) is 0 Å². The van der Waals surface area contributed by atoms with Crippen LogP contribution >= 0.6 is 0 Å². The SMILES string of the molecule is O=C(O)C1(c2ccc3c(c2)OCCO3)CCNCC1. The lowest BCUT2D eigenvalue weighted by Gasteiger charge is -2.34. The molecule has 1 fully saturated rings. The van der Waals surface area contributed by atoms with Crippen LogP contribution in [0.2, 0.25) is 0 Å². The van der Waals surface area contributed by atoms with Gasteiger partial charge in [0.05, 0.1) is 5.41 Å². The quantitative estimate of drug-likeness (QED) is 0.838. The highest BCUT2D eigenvalue weighted by molar-refractivity contribution is 5.82. The molecule has 3 rings (SSSR count). The molecule has 0 unspecified atom stereocenters. The van der Waals surface area contributed by atoms with Crippen LogP contribution in [0.25, 0.3) is 0 Å². The third kappa shape index (κ3) is 2.04. The molecule has 0 bridgehead atoms. The molecule has 0 aromatic heterocycles. The number of hydrogen-bond donors (Lipinski definition) is 2. The largest absolute Gasteiger partial charge is 0.486 e. The van der Waals surface area contributed by atoms with Crippen molar-refractivity contribution in [3.05, 3.63) is 23.8 Å². The summed E-state index contributed by atoms with van der Waals surface area (Å²) < 4.78 is 11.0. The fourth-order valence-corrected chi connectivity index (χ4v) is 2.82. The summed E-state index contributed by atoms with van der Waals surface area (Å²) in [4.78, 5) is 11.7. The summed E-state index contributed by atoms with van der Waals surface area (Å²) >= 11 is 0. The van der Waals surface area contributed by atoms with Crippen LogP contribution < -0.4 is 14.8 Å². The summed E-state index contributed by atoms with van der Waals surface area (Å²) in [5.74, 6) is 0.595. The van der Waals surface area contributed by atoms with Crippen molar-refractivity contribution in [2.45, 2.75) is 18.3 Å². The van der Waals surface area contributed by atoms with E-state index < -0.39 is 11.4 Å². The average molecular weight is 263 g/mol. The zero-order valence-corrected chi connectivity index (χ0v) is 10.6. The molecular weight excluding hydrogens is 246 g/mol. The lowest BCUT2D eigenvalue weighted by Crippen LogP contribution is -2.45. The number of carboxylic acid groups (broad SMARTS) is 1. The molecule has 1 saturated heterocycles. The minimum absolute atomic E-state index is 0.512. The summed E-state index contributed by atoms with van der Waals surface area (Å²) in [7, 11) is 0. The minimum atomic E-state index is -0.804. The van der Waals surface area contributed by atoms with Crippen LogP contribution in [0, 0.1) is 0 Å². The Bertz CT molecular complexity index is 494. The van der Waals surface area contributed by atoms with Crippen molar-refractivity contribution >= 4 is 5.97 Å². The van der Waals surface area contributed by atoms with Crippen LogP contribution in [-0.2, 0) is 10.2 Å². The van der Waals surface area contributed by atoms with Crippen LogP contribution in [0.1, 0.15) is 18.4 Å². The number of carboxylic acids is 1. The second-order valence-corrected chi connectivity index (χ2v) is 5.00. The topological polar surface area (TPSA) is 67.8 Å². The third-order valence-corrected chi connectivity index (χ3v) is 3.96. The van der Waals surface area contributed by atoms with E-state index in [1.54, 1.807) is 0 Å². The van der Waals surface area contributed by atoms with Gasteiger partial charge in [0, 0.05) is 0 Å². The number of hydrogen-bond acceptors (Lipinski definition) is 4. The van der Waals surface area contributed by atoms with Crippen molar-refractivity contribution in [2.75, 3.05) is 26.3 Å². The molecule has 19 heavy (non-hydrogen) atoms. The van der Waals surface area contributed by atoms with Gasteiger partial charge in [-0.2, -0.15) is 0 Å². The van der Waals surface area contributed by atoms with Crippen LogP contribution in [0.15, 0.2) is 18.2 Å². The van der Waals surface area contributed by atoms with Gasteiger partial charge in [-0.25, -0.2) is 0 Å². The van der Waals surface area contributed by atoms with Gasteiger partial charge in [0.2, 0.25) is 0 Å². The first-order chi connectivity index (χ1) is 9.22. The summed E-state index contributed by atoms with van der Waals surface area (Å²) in [6, 6.07) is 5.50. The molecular formula is C14H17NO4. The maximum Gasteiger partial charge on any atom is 0.314 e. The van der Waals surface area contributed by atoms with Gasteiger partial charge in [0.25, 0.3) is 0 Å². The Morgan fingerprint density at radius 1 is 1.16 bits per heavy atom. The zero-order chi connectivity index (χ0) is 13.3. The van der Waals surface area contributed by atoms with Gasteiger partial charge in [-0.05, 0) is 43.6 Å². The highest BCUT2D eigenvalue weighted by Gasteiger charge is 2.41. The number of carbonyl (C=O) groups is 1. The first-order valence-corrected chi connectivity index (χ1v) is 6.57. The second kappa shape index (κ2) is 4.74. The van der Waals surface area contributed by atoms with Gasteiger partial charge in [-0.3, -0.25) is 4.79 Å². The number of ether oxygens (including phenoxy) is 2. The summed E-state index contributed by atoms with van der Waals surface area (Å²) in [6.07, 6.45) is 1.20. The lowest BCUT2D eigenvalue weighted by molar-refractivity contribution is -0.145. The Morgan fingerprint density at radius 2 is 1.84 bits per heavy atom. The van der Waals surface area contributed by atoms with E-state index in [2.05, 4.69) is 5.32 Å². The fraction of sp³-hybridized carbons (Fsp3) is 0.500. The van der Waals surface area contributed by atoms with Crippen molar-refractivity contribution in [3.8, 4) is 11.5 Å². The first-order valence-electron chi connectivity index (χ1n) is 6.57. The van der Waals surface area contributed by atoms with Gasteiger partial charge in [0.1, 0.15) is 13.2 Å². The summed E-state index contributed by atoms with van der Waals surface area (Å²) in [5, 5.41) is 12.9. The molecule has 2 heterocycles. The smallest absolute Gasteiger partial charge is 0.314 e. The van der Waals surface area contributed by atoms with Gasteiger partial charge < -0.3 is 19.9 Å².